The molecule has 1 aromatic carbocycles. The average molecular weight is 264 g/mol. The molecule has 0 aliphatic heterocycles. The van der Waals surface area contributed by atoms with Crippen LogP contribution < -0.4 is 15.8 Å². The Balaban J connectivity index is 2.65. The van der Waals surface area contributed by atoms with Gasteiger partial charge in [-0.2, -0.15) is 0 Å². The number of rotatable bonds is 5. The lowest BCUT2D eigenvalue weighted by Gasteiger charge is -2.24. The standard InChI is InChI=1S/C15H24N2O2/c1-15(2,3)9-11(10-16)14(18)17-12-5-7-13(19-4)8-6-12/h5-8,11H,9-10,16H2,1-4H3,(H,17,18). The number of methoxy groups -OCH3 is 1. The second kappa shape index (κ2) is 6.57. The van der Waals surface area contributed by atoms with Crippen LogP contribution in [0.3, 0.4) is 0 Å². The monoisotopic (exact) mass is 264 g/mol. The average Bonchev–Trinajstić information content (AvgIpc) is 2.35. The molecule has 0 aromatic heterocycles. The highest BCUT2D eigenvalue weighted by Crippen LogP contribution is 2.25. The smallest absolute Gasteiger partial charge is 0.228 e. The van der Waals surface area contributed by atoms with Crippen molar-refractivity contribution in [2.24, 2.45) is 17.1 Å². The zero-order valence-electron chi connectivity index (χ0n) is 12.2. The van der Waals surface area contributed by atoms with E-state index in [0.717, 1.165) is 17.9 Å². The molecule has 0 saturated heterocycles. The number of hydrogen-bond donors (Lipinski definition) is 2. The van der Waals surface area contributed by atoms with E-state index in [2.05, 4.69) is 26.1 Å². The van der Waals surface area contributed by atoms with E-state index in [4.69, 9.17) is 10.5 Å². The molecule has 0 radical (unpaired) electrons. The van der Waals surface area contributed by atoms with Crippen LogP contribution in [-0.2, 0) is 4.79 Å². The van der Waals surface area contributed by atoms with Gasteiger partial charge in [-0.3, -0.25) is 4.79 Å². The number of anilines is 1. The lowest BCUT2D eigenvalue weighted by Crippen LogP contribution is -2.32. The molecule has 4 nitrogen and oxygen atoms in total. The summed E-state index contributed by atoms with van der Waals surface area (Å²) in [5.74, 6) is 0.577. The SMILES string of the molecule is COc1ccc(NC(=O)C(CN)CC(C)(C)C)cc1. The third-order valence-corrected chi connectivity index (χ3v) is 2.87. The Morgan fingerprint density at radius 2 is 1.89 bits per heavy atom. The van der Waals surface area contributed by atoms with E-state index in [9.17, 15) is 4.79 Å². The molecule has 0 heterocycles. The molecule has 19 heavy (non-hydrogen) atoms. The van der Waals surface area contributed by atoms with E-state index in [1.54, 1.807) is 7.11 Å². The first-order valence-corrected chi connectivity index (χ1v) is 6.50. The summed E-state index contributed by atoms with van der Waals surface area (Å²) in [7, 11) is 1.61. The summed E-state index contributed by atoms with van der Waals surface area (Å²) in [6.07, 6.45) is 0.769. The molecule has 1 rings (SSSR count). The fourth-order valence-corrected chi connectivity index (χ4v) is 1.94. The molecule has 0 bridgehead atoms. The summed E-state index contributed by atoms with van der Waals surface area (Å²) in [6, 6.07) is 7.27. The van der Waals surface area contributed by atoms with Gasteiger partial charge in [0.1, 0.15) is 5.75 Å². The molecule has 0 aliphatic rings. The predicted molar refractivity (Wildman–Crippen MR) is 78.2 cm³/mol. The van der Waals surface area contributed by atoms with Gasteiger partial charge in [0.25, 0.3) is 0 Å². The van der Waals surface area contributed by atoms with Gasteiger partial charge in [-0.05, 0) is 36.1 Å². The van der Waals surface area contributed by atoms with Gasteiger partial charge in [-0.15, -0.1) is 0 Å². The lowest BCUT2D eigenvalue weighted by atomic mass is 9.84. The molecule has 4 heteroatoms. The molecule has 3 N–H and O–H groups in total. The number of nitrogens with two attached hydrogens (primary N) is 1. The summed E-state index contributed by atoms with van der Waals surface area (Å²) in [5, 5.41) is 2.89. The predicted octanol–water partition coefficient (Wildman–Crippen LogP) is 2.64. The van der Waals surface area contributed by atoms with E-state index >= 15 is 0 Å². The van der Waals surface area contributed by atoms with E-state index in [1.165, 1.54) is 0 Å². The van der Waals surface area contributed by atoms with Crippen LogP contribution in [0.4, 0.5) is 5.69 Å². The van der Waals surface area contributed by atoms with Gasteiger partial charge in [-0.1, -0.05) is 20.8 Å². The van der Waals surface area contributed by atoms with E-state index in [1.807, 2.05) is 24.3 Å². The molecule has 1 unspecified atom stereocenters. The van der Waals surface area contributed by atoms with Crippen molar-refractivity contribution in [1.29, 1.82) is 0 Å². The van der Waals surface area contributed by atoms with Crippen LogP contribution in [0.1, 0.15) is 27.2 Å². The number of amides is 1. The molecular formula is C15H24N2O2. The molecule has 0 fully saturated rings. The first kappa shape index (κ1) is 15.5. The third-order valence-electron chi connectivity index (χ3n) is 2.87. The van der Waals surface area contributed by atoms with Crippen molar-refractivity contribution in [2.45, 2.75) is 27.2 Å². The van der Waals surface area contributed by atoms with Crippen molar-refractivity contribution in [3.8, 4) is 5.75 Å². The van der Waals surface area contributed by atoms with Crippen LogP contribution in [0.15, 0.2) is 24.3 Å². The maximum absolute atomic E-state index is 12.2. The van der Waals surface area contributed by atoms with Crippen LogP contribution in [0, 0.1) is 11.3 Å². The molecule has 1 aromatic rings. The number of nitrogens with one attached hydrogen (secondary N) is 1. The zero-order valence-corrected chi connectivity index (χ0v) is 12.2. The summed E-state index contributed by atoms with van der Waals surface area (Å²) in [4.78, 5) is 12.2. The van der Waals surface area contributed by atoms with Gasteiger partial charge >= 0.3 is 0 Å². The van der Waals surface area contributed by atoms with Crippen LogP contribution in [0.2, 0.25) is 0 Å². The van der Waals surface area contributed by atoms with Crippen LogP contribution in [-0.4, -0.2) is 19.6 Å². The Hall–Kier alpha value is -1.55. The number of hydrogen-bond acceptors (Lipinski definition) is 3. The van der Waals surface area contributed by atoms with Gasteiger partial charge in [0.2, 0.25) is 5.91 Å². The van der Waals surface area contributed by atoms with Crippen LogP contribution in [0.5, 0.6) is 5.75 Å². The number of carbonyl (C=O) groups excluding carboxylic acids is 1. The first-order chi connectivity index (χ1) is 8.85. The van der Waals surface area contributed by atoms with Crippen molar-refractivity contribution >= 4 is 11.6 Å². The normalized spacial score (nSPS) is 12.9. The topological polar surface area (TPSA) is 64.3 Å². The minimum absolute atomic E-state index is 0.0254. The molecule has 1 amide bonds. The molecular weight excluding hydrogens is 240 g/mol. The summed E-state index contributed by atoms with van der Waals surface area (Å²) >= 11 is 0. The maximum atomic E-state index is 12.2. The zero-order chi connectivity index (χ0) is 14.5. The Morgan fingerprint density at radius 3 is 2.32 bits per heavy atom. The highest BCUT2D eigenvalue weighted by atomic mass is 16.5. The quantitative estimate of drug-likeness (QED) is 0.859. The molecule has 0 aliphatic carbocycles. The molecule has 1 atom stereocenters. The van der Waals surface area contributed by atoms with E-state index in [0.29, 0.717) is 6.54 Å². The van der Waals surface area contributed by atoms with Gasteiger partial charge in [0.05, 0.1) is 13.0 Å². The highest BCUT2D eigenvalue weighted by Gasteiger charge is 2.23. The van der Waals surface area contributed by atoms with Crippen LogP contribution >= 0.6 is 0 Å². The summed E-state index contributed by atoms with van der Waals surface area (Å²) in [6.45, 7) is 6.68. The largest absolute Gasteiger partial charge is 0.497 e. The van der Waals surface area contributed by atoms with Crippen LogP contribution in [0.25, 0.3) is 0 Å². The Morgan fingerprint density at radius 1 is 1.32 bits per heavy atom. The summed E-state index contributed by atoms with van der Waals surface area (Å²) < 4.78 is 5.08. The Labute approximate surface area is 115 Å². The highest BCUT2D eigenvalue weighted by molar-refractivity contribution is 5.92. The second-order valence-corrected chi connectivity index (χ2v) is 5.92. The number of carbonyl (C=O) groups is 1. The fourth-order valence-electron chi connectivity index (χ4n) is 1.94. The van der Waals surface area contributed by atoms with Crippen molar-refractivity contribution in [3.05, 3.63) is 24.3 Å². The number of benzene rings is 1. The van der Waals surface area contributed by atoms with Crippen molar-refractivity contribution in [1.82, 2.24) is 0 Å². The second-order valence-electron chi connectivity index (χ2n) is 5.92. The minimum Gasteiger partial charge on any atom is -0.497 e. The maximum Gasteiger partial charge on any atom is 0.228 e. The van der Waals surface area contributed by atoms with Gasteiger partial charge < -0.3 is 15.8 Å². The van der Waals surface area contributed by atoms with E-state index < -0.39 is 0 Å². The van der Waals surface area contributed by atoms with Gasteiger partial charge in [0.15, 0.2) is 0 Å². The molecule has 106 valence electrons. The first-order valence-electron chi connectivity index (χ1n) is 6.50. The number of ether oxygens (including phenoxy) is 1. The van der Waals surface area contributed by atoms with Gasteiger partial charge in [-0.25, -0.2) is 0 Å². The lowest BCUT2D eigenvalue weighted by molar-refractivity contribution is -0.120. The Kier molecular flexibility index (Phi) is 5.36. The molecule has 0 saturated carbocycles. The van der Waals surface area contributed by atoms with E-state index in [-0.39, 0.29) is 17.2 Å². The van der Waals surface area contributed by atoms with Crippen molar-refractivity contribution in [2.75, 3.05) is 19.0 Å². The Bertz CT molecular complexity index is 407. The fraction of sp³-hybridized carbons (Fsp3) is 0.533. The third kappa shape index (κ3) is 5.30. The van der Waals surface area contributed by atoms with Crippen molar-refractivity contribution in [3.63, 3.8) is 0 Å². The minimum atomic E-state index is -0.165. The van der Waals surface area contributed by atoms with Crippen molar-refractivity contribution < 1.29 is 9.53 Å². The summed E-state index contributed by atoms with van der Waals surface area (Å²) in [5.41, 5.74) is 6.55. The van der Waals surface area contributed by atoms with Gasteiger partial charge in [0, 0.05) is 12.2 Å². The molecule has 0 spiro atoms.